The Balaban J connectivity index is 3.08. The largest absolute Gasteiger partial charge is 0.374 e. The van der Waals surface area contributed by atoms with Crippen LogP contribution in [-0.4, -0.2) is 42.8 Å². The van der Waals surface area contributed by atoms with Crippen LogP contribution in [0.2, 0.25) is 0 Å². The summed E-state index contributed by atoms with van der Waals surface area (Å²) in [6, 6.07) is 3.66. The van der Waals surface area contributed by atoms with E-state index < -0.39 is 29.5 Å². The molecular weight excluding hydrogens is 260 g/mol. The van der Waals surface area contributed by atoms with Crippen molar-refractivity contribution in [2.24, 2.45) is 0 Å². The van der Waals surface area contributed by atoms with Gasteiger partial charge in [0.15, 0.2) is 0 Å². The van der Waals surface area contributed by atoms with Crippen LogP contribution in [0.4, 0.5) is 20.2 Å². The molecule has 19 heavy (non-hydrogen) atoms. The number of rotatable bonds is 5. The van der Waals surface area contributed by atoms with Gasteiger partial charge in [-0.1, -0.05) is 0 Å². The summed E-state index contributed by atoms with van der Waals surface area (Å²) in [4.78, 5) is 23.1. The Bertz CT molecular complexity index is 492. The molecule has 0 saturated heterocycles. The lowest BCUT2D eigenvalue weighted by Gasteiger charge is -2.11. The van der Waals surface area contributed by atoms with E-state index in [-0.39, 0.29) is 11.3 Å². The van der Waals surface area contributed by atoms with E-state index in [0.717, 1.165) is 6.07 Å². The molecule has 8 heteroatoms. The summed E-state index contributed by atoms with van der Waals surface area (Å²) in [6.07, 6.45) is -2.62. The van der Waals surface area contributed by atoms with Gasteiger partial charge in [-0.15, -0.1) is 0 Å². The minimum Gasteiger partial charge on any atom is -0.374 e. The lowest BCUT2D eigenvalue weighted by atomic mass is 10.1. The van der Waals surface area contributed by atoms with Gasteiger partial charge in [-0.2, -0.15) is 0 Å². The Labute approximate surface area is 108 Å². The molecule has 0 aromatic heterocycles. The first-order valence-corrected chi connectivity index (χ1v) is 5.35. The molecular formula is C11H13F2N3O3. The number of alkyl halides is 2. The highest BCUT2D eigenvalue weighted by Crippen LogP contribution is 2.26. The highest BCUT2D eigenvalue weighted by atomic mass is 19.3. The smallest absolute Gasteiger partial charge is 0.293 e. The maximum Gasteiger partial charge on any atom is 0.293 e. The van der Waals surface area contributed by atoms with Gasteiger partial charge in [0.1, 0.15) is 5.69 Å². The number of benzene rings is 1. The number of anilines is 1. The molecule has 0 unspecified atom stereocenters. The minimum absolute atomic E-state index is 0.0411. The number of carbonyl (C=O) groups excluding carboxylic acids is 1. The normalized spacial score (nSPS) is 10.4. The SMILES string of the molecule is CN(C)C(=O)c1ccc(NCC(F)F)c([N+](=O)[O-])c1. The van der Waals surface area contributed by atoms with Crippen LogP contribution in [0.5, 0.6) is 0 Å². The van der Waals surface area contributed by atoms with Crippen molar-refractivity contribution in [3.05, 3.63) is 33.9 Å². The number of halogens is 2. The summed E-state index contributed by atoms with van der Waals surface area (Å²) in [5, 5.41) is 13.1. The van der Waals surface area contributed by atoms with E-state index in [1.54, 1.807) is 0 Å². The minimum atomic E-state index is -2.62. The van der Waals surface area contributed by atoms with Crippen LogP contribution in [0.15, 0.2) is 18.2 Å². The molecule has 0 saturated carbocycles. The monoisotopic (exact) mass is 273 g/mol. The van der Waals surface area contributed by atoms with Gasteiger partial charge in [-0.05, 0) is 12.1 Å². The number of nitrogens with one attached hydrogen (secondary N) is 1. The topological polar surface area (TPSA) is 75.5 Å². The van der Waals surface area contributed by atoms with Gasteiger partial charge in [-0.3, -0.25) is 14.9 Å². The molecule has 0 spiro atoms. The lowest BCUT2D eigenvalue weighted by molar-refractivity contribution is -0.384. The number of nitrogens with zero attached hydrogens (tertiary/aromatic N) is 2. The highest BCUT2D eigenvalue weighted by Gasteiger charge is 2.19. The molecule has 0 heterocycles. The molecule has 0 bridgehead atoms. The third-order valence-electron chi connectivity index (χ3n) is 2.29. The van der Waals surface area contributed by atoms with E-state index in [9.17, 15) is 23.7 Å². The zero-order valence-corrected chi connectivity index (χ0v) is 10.4. The Morgan fingerprint density at radius 3 is 2.58 bits per heavy atom. The van der Waals surface area contributed by atoms with Gasteiger partial charge in [0.05, 0.1) is 11.5 Å². The van der Waals surface area contributed by atoms with Crippen LogP contribution < -0.4 is 5.32 Å². The van der Waals surface area contributed by atoms with Crippen molar-refractivity contribution in [2.45, 2.75) is 6.43 Å². The van der Waals surface area contributed by atoms with E-state index in [4.69, 9.17) is 0 Å². The first-order valence-electron chi connectivity index (χ1n) is 5.35. The van der Waals surface area contributed by atoms with Crippen molar-refractivity contribution in [2.75, 3.05) is 26.0 Å². The molecule has 0 aliphatic heterocycles. The average molecular weight is 273 g/mol. The number of hydrogen-bond donors (Lipinski definition) is 1. The fourth-order valence-corrected chi connectivity index (χ4v) is 1.41. The first-order chi connectivity index (χ1) is 8.82. The second-order valence-corrected chi connectivity index (χ2v) is 3.96. The average Bonchev–Trinajstić information content (AvgIpc) is 2.34. The summed E-state index contributed by atoms with van der Waals surface area (Å²) in [6.45, 7) is -0.693. The molecule has 1 N–H and O–H groups in total. The van der Waals surface area contributed by atoms with E-state index >= 15 is 0 Å². The molecule has 0 fully saturated rings. The zero-order chi connectivity index (χ0) is 14.6. The number of nitro groups is 1. The van der Waals surface area contributed by atoms with E-state index in [0.29, 0.717) is 0 Å². The zero-order valence-electron chi connectivity index (χ0n) is 10.4. The molecule has 0 atom stereocenters. The summed E-state index contributed by atoms with van der Waals surface area (Å²) < 4.78 is 24.1. The lowest BCUT2D eigenvalue weighted by Crippen LogP contribution is -2.22. The van der Waals surface area contributed by atoms with Crippen molar-refractivity contribution in [3.8, 4) is 0 Å². The van der Waals surface area contributed by atoms with Gasteiger partial charge in [0.2, 0.25) is 0 Å². The molecule has 0 radical (unpaired) electrons. The standard InChI is InChI=1S/C11H13F2N3O3/c1-15(2)11(17)7-3-4-8(14-6-10(12)13)9(5-7)16(18)19/h3-5,10,14H,6H2,1-2H3. The van der Waals surface area contributed by atoms with Crippen LogP contribution in [-0.2, 0) is 0 Å². The van der Waals surface area contributed by atoms with Crippen LogP contribution in [0, 0.1) is 10.1 Å². The molecule has 1 aromatic carbocycles. The Morgan fingerprint density at radius 1 is 1.47 bits per heavy atom. The van der Waals surface area contributed by atoms with Gasteiger partial charge >= 0.3 is 0 Å². The number of amides is 1. The van der Waals surface area contributed by atoms with Crippen molar-refractivity contribution in [3.63, 3.8) is 0 Å². The van der Waals surface area contributed by atoms with Crippen molar-refractivity contribution in [1.29, 1.82) is 0 Å². The quantitative estimate of drug-likeness (QED) is 0.657. The van der Waals surface area contributed by atoms with Gasteiger partial charge < -0.3 is 10.2 Å². The number of hydrogen-bond acceptors (Lipinski definition) is 4. The molecule has 0 aliphatic carbocycles. The van der Waals surface area contributed by atoms with Gasteiger partial charge in [-0.25, -0.2) is 8.78 Å². The molecule has 1 amide bonds. The molecule has 1 aromatic rings. The third-order valence-corrected chi connectivity index (χ3v) is 2.29. The molecule has 104 valence electrons. The van der Waals surface area contributed by atoms with E-state index in [1.807, 2.05) is 0 Å². The molecule has 6 nitrogen and oxygen atoms in total. The number of carbonyl (C=O) groups is 1. The van der Waals surface area contributed by atoms with Crippen LogP contribution in [0.3, 0.4) is 0 Å². The first kappa shape index (κ1) is 14.8. The fourth-order valence-electron chi connectivity index (χ4n) is 1.41. The molecule has 1 rings (SSSR count). The van der Waals surface area contributed by atoms with Crippen molar-refractivity contribution < 1.29 is 18.5 Å². The summed E-state index contributed by atoms with van der Waals surface area (Å²) in [5.41, 5.74) is -0.326. The molecule has 0 aliphatic rings. The Morgan fingerprint density at radius 2 is 2.11 bits per heavy atom. The maximum absolute atomic E-state index is 12.1. The fraction of sp³-hybridized carbons (Fsp3) is 0.364. The van der Waals surface area contributed by atoms with Crippen molar-refractivity contribution in [1.82, 2.24) is 4.90 Å². The summed E-state index contributed by atoms with van der Waals surface area (Å²) >= 11 is 0. The predicted molar refractivity (Wildman–Crippen MR) is 65.6 cm³/mol. The van der Waals surface area contributed by atoms with E-state index in [2.05, 4.69) is 5.32 Å². The van der Waals surface area contributed by atoms with E-state index in [1.165, 1.54) is 31.1 Å². The second kappa shape index (κ2) is 6.07. The second-order valence-electron chi connectivity index (χ2n) is 3.96. The predicted octanol–water partition coefficient (Wildman–Crippen LogP) is 1.97. The van der Waals surface area contributed by atoms with Gasteiger partial charge in [0.25, 0.3) is 18.0 Å². The summed E-state index contributed by atoms with van der Waals surface area (Å²) in [7, 11) is 3.02. The third kappa shape index (κ3) is 3.87. The van der Waals surface area contributed by atoms with Gasteiger partial charge in [0, 0.05) is 25.7 Å². The van der Waals surface area contributed by atoms with Crippen LogP contribution in [0.25, 0.3) is 0 Å². The summed E-state index contributed by atoms with van der Waals surface area (Å²) in [5.74, 6) is -0.400. The van der Waals surface area contributed by atoms with Crippen molar-refractivity contribution >= 4 is 17.3 Å². The van der Waals surface area contributed by atoms with Crippen LogP contribution >= 0.6 is 0 Å². The number of nitro benzene ring substituents is 1. The Hall–Kier alpha value is -2.25. The van der Waals surface area contributed by atoms with Crippen LogP contribution in [0.1, 0.15) is 10.4 Å². The maximum atomic E-state index is 12.1. The Kier molecular flexibility index (Phi) is 4.74. The highest BCUT2D eigenvalue weighted by molar-refractivity contribution is 5.95.